The molecule has 3 aromatic rings. The van der Waals surface area contributed by atoms with Gasteiger partial charge in [-0.15, -0.1) is 0 Å². The van der Waals surface area contributed by atoms with E-state index < -0.39 is 0 Å². The Labute approximate surface area is 145 Å². The Morgan fingerprint density at radius 3 is 2.40 bits per heavy atom. The molecule has 1 aromatic heterocycles. The van der Waals surface area contributed by atoms with Gasteiger partial charge in [-0.2, -0.15) is 0 Å². The van der Waals surface area contributed by atoms with E-state index >= 15 is 0 Å². The summed E-state index contributed by atoms with van der Waals surface area (Å²) in [6.45, 7) is 5.88. The van der Waals surface area contributed by atoms with Crippen molar-refractivity contribution in [1.82, 2.24) is 0 Å². The Morgan fingerprint density at radius 1 is 1.08 bits per heavy atom. The quantitative estimate of drug-likeness (QED) is 0.681. The third kappa shape index (κ3) is 3.29. The first-order valence-corrected chi connectivity index (χ1v) is 8.09. The molecule has 0 bridgehead atoms. The molecule has 4 heteroatoms. The predicted octanol–water partition coefficient (Wildman–Crippen LogP) is 4.69. The first-order valence-electron chi connectivity index (χ1n) is 8.09. The van der Waals surface area contributed by atoms with Gasteiger partial charge in [-0.25, -0.2) is 0 Å². The van der Waals surface area contributed by atoms with Gasteiger partial charge in [0.1, 0.15) is 28.2 Å². The van der Waals surface area contributed by atoms with Gasteiger partial charge in [0.15, 0.2) is 5.43 Å². The number of hydrogen-bond donors (Lipinski definition) is 2. The van der Waals surface area contributed by atoms with Crippen LogP contribution >= 0.6 is 0 Å². The molecule has 0 aliphatic heterocycles. The highest BCUT2D eigenvalue weighted by Gasteiger charge is 2.17. The van der Waals surface area contributed by atoms with E-state index in [9.17, 15) is 15.0 Å². The van der Waals surface area contributed by atoms with Gasteiger partial charge in [0.25, 0.3) is 0 Å². The van der Waals surface area contributed by atoms with E-state index in [-0.39, 0.29) is 27.9 Å². The number of aryl methyl sites for hydroxylation is 1. The number of fused-ring (bicyclic) bond motifs is 1. The van der Waals surface area contributed by atoms with Crippen LogP contribution in [-0.2, 0) is 6.42 Å². The Balaban J connectivity index is 2.30. The molecular weight excluding hydrogens is 316 g/mol. The van der Waals surface area contributed by atoms with Crippen LogP contribution in [-0.4, -0.2) is 10.2 Å². The van der Waals surface area contributed by atoms with E-state index in [1.807, 2.05) is 51.1 Å². The third-order valence-electron chi connectivity index (χ3n) is 4.11. The fourth-order valence-electron chi connectivity index (χ4n) is 2.72. The van der Waals surface area contributed by atoms with Crippen LogP contribution < -0.4 is 5.43 Å². The third-order valence-corrected chi connectivity index (χ3v) is 4.11. The summed E-state index contributed by atoms with van der Waals surface area (Å²) in [5.41, 5.74) is 3.32. The first-order chi connectivity index (χ1) is 11.9. The Bertz CT molecular complexity index is 1020. The lowest BCUT2D eigenvalue weighted by molar-refractivity contribution is 0.448. The number of phenols is 2. The number of benzene rings is 2. The minimum Gasteiger partial charge on any atom is -0.507 e. The summed E-state index contributed by atoms with van der Waals surface area (Å²) in [5.74, 6) is 0.0327. The van der Waals surface area contributed by atoms with Crippen LogP contribution in [0.3, 0.4) is 0 Å². The fraction of sp³-hybridized carbons (Fsp3) is 0.190. The molecule has 0 aliphatic carbocycles. The van der Waals surface area contributed by atoms with E-state index in [0.29, 0.717) is 17.7 Å². The molecule has 0 fully saturated rings. The van der Waals surface area contributed by atoms with Crippen molar-refractivity contribution < 1.29 is 14.6 Å². The van der Waals surface area contributed by atoms with Crippen LogP contribution in [0.25, 0.3) is 22.3 Å². The Kier molecular flexibility index (Phi) is 4.36. The lowest BCUT2D eigenvalue weighted by Crippen LogP contribution is -2.03. The van der Waals surface area contributed by atoms with Gasteiger partial charge in [0.2, 0.25) is 0 Å². The topological polar surface area (TPSA) is 70.7 Å². The Morgan fingerprint density at radius 2 is 1.76 bits per heavy atom. The van der Waals surface area contributed by atoms with Crippen LogP contribution in [0.15, 0.2) is 57.3 Å². The van der Waals surface area contributed by atoms with Crippen LogP contribution in [0.2, 0.25) is 0 Å². The standard InChI is InChI=1S/C21H20O4/c1-12(2)4-9-15-16(22)10-17(23)20-18(24)11-19(25-21(15)20)14-7-5-13(3)6-8-14/h4-8,10-11,22-23H,9H2,1-3H3. The van der Waals surface area contributed by atoms with E-state index in [0.717, 1.165) is 16.7 Å². The van der Waals surface area contributed by atoms with E-state index in [4.69, 9.17) is 4.42 Å². The number of phenolic OH excluding ortho intramolecular Hbond substituents is 2. The van der Waals surface area contributed by atoms with Crippen molar-refractivity contribution in [3.8, 4) is 22.8 Å². The van der Waals surface area contributed by atoms with Crippen LogP contribution in [0.5, 0.6) is 11.5 Å². The maximum atomic E-state index is 12.5. The molecule has 0 saturated heterocycles. The van der Waals surface area contributed by atoms with Crippen LogP contribution in [0.1, 0.15) is 25.0 Å². The average Bonchev–Trinajstić information content (AvgIpc) is 2.54. The van der Waals surface area contributed by atoms with Gasteiger partial charge in [-0.3, -0.25) is 4.79 Å². The summed E-state index contributed by atoms with van der Waals surface area (Å²) in [4.78, 5) is 12.5. The fourth-order valence-corrected chi connectivity index (χ4v) is 2.72. The molecule has 0 amide bonds. The molecule has 0 unspecified atom stereocenters. The number of aromatic hydroxyl groups is 2. The van der Waals surface area contributed by atoms with Crippen molar-refractivity contribution in [1.29, 1.82) is 0 Å². The number of allylic oxidation sites excluding steroid dienone is 2. The van der Waals surface area contributed by atoms with Gasteiger partial charge >= 0.3 is 0 Å². The predicted molar refractivity (Wildman–Crippen MR) is 99.1 cm³/mol. The highest BCUT2D eigenvalue weighted by molar-refractivity contribution is 5.89. The summed E-state index contributed by atoms with van der Waals surface area (Å²) in [5, 5.41) is 20.4. The SMILES string of the molecule is CC(C)=CCc1c(O)cc(O)c2c(=O)cc(-c3ccc(C)cc3)oc12. The molecule has 128 valence electrons. The minimum atomic E-state index is -0.340. The van der Waals surface area contributed by atoms with Crippen LogP contribution in [0.4, 0.5) is 0 Å². The average molecular weight is 336 g/mol. The summed E-state index contributed by atoms with van der Waals surface area (Å²) >= 11 is 0. The monoisotopic (exact) mass is 336 g/mol. The second-order valence-electron chi connectivity index (χ2n) is 6.42. The van der Waals surface area contributed by atoms with Gasteiger partial charge in [-0.1, -0.05) is 41.5 Å². The van der Waals surface area contributed by atoms with Crippen LogP contribution in [0, 0.1) is 6.92 Å². The molecule has 0 saturated carbocycles. The summed E-state index contributed by atoms with van der Waals surface area (Å²) < 4.78 is 5.94. The lowest BCUT2D eigenvalue weighted by atomic mass is 10.0. The molecule has 4 nitrogen and oxygen atoms in total. The molecule has 2 N–H and O–H groups in total. The molecule has 0 spiro atoms. The molecule has 0 aliphatic rings. The van der Waals surface area contributed by atoms with Gasteiger partial charge in [0.05, 0.1) is 0 Å². The van der Waals surface area contributed by atoms with Crippen molar-refractivity contribution in [2.45, 2.75) is 27.2 Å². The maximum absolute atomic E-state index is 12.5. The zero-order valence-electron chi connectivity index (χ0n) is 14.5. The van der Waals surface area contributed by atoms with Crippen molar-refractivity contribution in [3.05, 3.63) is 69.4 Å². The van der Waals surface area contributed by atoms with Gasteiger partial charge in [0, 0.05) is 23.3 Å². The number of rotatable bonds is 3. The van der Waals surface area contributed by atoms with Crippen molar-refractivity contribution in [2.75, 3.05) is 0 Å². The highest BCUT2D eigenvalue weighted by atomic mass is 16.3. The largest absolute Gasteiger partial charge is 0.507 e. The molecule has 0 atom stereocenters. The van der Waals surface area contributed by atoms with E-state index in [1.165, 1.54) is 12.1 Å². The normalized spacial score (nSPS) is 10.8. The number of hydrogen-bond acceptors (Lipinski definition) is 4. The zero-order chi connectivity index (χ0) is 18.1. The van der Waals surface area contributed by atoms with Crippen molar-refractivity contribution in [2.24, 2.45) is 0 Å². The zero-order valence-corrected chi connectivity index (χ0v) is 14.5. The van der Waals surface area contributed by atoms with Crippen molar-refractivity contribution >= 4 is 11.0 Å². The summed E-state index contributed by atoms with van der Waals surface area (Å²) in [7, 11) is 0. The molecule has 0 radical (unpaired) electrons. The van der Waals surface area contributed by atoms with E-state index in [2.05, 4.69) is 0 Å². The molecular formula is C21H20O4. The first kappa shape index (κ1) is 16.8. The molecule has 25 heavy (non-hydrogen) atoms. The highest BCUT2D eigenvalue weighted by Crippen LogP contribution is 2.35. The molecule has 1 heterocycles. The van der Waals surface area contributed by atoms with Gasteiger partial charge < -0.3 is 14.6 Å². The lowest BCUT2D eigenvalue weighted by Gasteiger charge is -2.10. The van der Waals surface area contributed by atoms with Gasteiger partial charge in [-0.05, 0) is 27.2 Å². The second kappa shape index (κ2) is 6.48. The summed E-state index contributed by atoms with van der Waals surface area (Å²) in [6.07, 6.45) is 2.34. The summed E-state index contributed by atoms with van der Waals surface area (Å²) in [6, 6.07) is 10.2. The maximum Gasteiger partial charge on any atom is 0.197 e. The van der Waals surface area contributed by atoms with Crippen molar-refractivity contribution in [3.63, 3.8) is 0 Å². The molecule has 3 rings (SSSR count). The Hall–Kier alpha value is -3.01. The second-order valence-corrected chi connectivity index (χ2v) is 6.42. The molecule has 2 aromatic carbocycles. The van der Waals surface area contributed by atoms with E-state index in [1.54, 1.807) is 0 Å². The smallest absolute Gasteiger partial charge is 0.197 e. The minimum absolute atomic E-state index is 0.0887.